The monoisotopic (exact) mass is 348 g/mol. The number of methoxy groups -OCH3 is 1. The largest absolute Gasteiger partial charge is 0.465 e. The number of hydrogen-bond donors (Lipinski definition) is 2. The molecule has 0 saturated carbocycles. The fourth-order valence-electron chi connectivity index (χ4n) is 1.93. The zero-order valence-corrected chi connectivity index (χ0v) is 14.4. The predicted octanol–water partition coefficient (Wildman–Crippen LogP) is 3.92. The van der Waals surface area contributed by atoms with Crippen LogP contribution in [0.3, 0.4) is 0 Å². The molecule has 23 heavy (non-hydrogen) atoms. The van der Waals surface area contributed by atoms with E-state index in [0.29, 0.717) is 27.9 Å². The van der Waals surface area contributed by atoms with Crippen LogP contribution in [0.2, 0.25) is 5.02 Å². The number of nitrogens with one attached hydrogen (secondary N) is 2. The zero-order chi connectivity index (χ0) is 16.8. The van der Waals surface area contributed by atoms with Crippen LogP contribution in [0.1, 0.15) is 21.5 Å². The minimum absolute atomic E-state index is 0.292. The Morgan fingerprint density at radius 2 is 1.91 bits per heavy atom. The lowest BCUT2D eigenvalue weighted by atomic mass is 10.1. The van der Waals surface area contributed by atoms with Crippen molar-refractivity contribution in [2.24, 2.45) is 0 Å². The van der Waals surface area contributed by atoms with Crippen LogP contribution in [0, 0.1) is 6.92 Å². The summed E-state index contributed by atoms with van der Waals surface area (Å²) in [6, 6.07) is 13.2. The van der Waals surface area contributed by atoms with Gasteiger partial charge in [-0.3, -0.25) is 0 Å². The van der Waals surface area contributed by atoms with Crippen LogP contribution in [-0.2, 0) is 11.3 Å². The number of rotatable bonds is 4. The quantitative estimate of drug-likeness (QED) is 0.648. The molecule has 2 aromatic rings. The molecule has 0 aliphatic carbocycles. The van der Waals surface area contributed by atoms with Crippen molar-refractivity contribution in [1.29, 1.82) is 0 Å². The average molecular weight is 349 g/mol. The van der Waals surface area contributed by atoms with Crippen LogP contribution < -0.4 is 10.6 Å². The number of thiocarbonyl (C=S) groups is 1. The number of carbonyl (C=O) groups excluding carboxylic acids is 1. The van der Waals surface area contributed by atoms with Crippen molar-refractivity contribution >= 4 is 40.6 Å². The van der Waals surface area contributed by atoms with Gasteiger partial charge in [0.15, 0.2) is 5.11 Å². The molecule has 0 fully saturated rings. The fourth-order valence-corrected chi connectivity index (χ4v) is 2.32. The minimum atomic E-state index is -0.489. The third-order valence-corrected chi connectivity index (χ3v) is 3.78. The van der Waals surface area contributed by atoms with E-state index in [9.17, 15) is 4.79 Å². The molecular weight excluding hydrogens is 332 g/mol. The van der Waals surface area contributed by atoms with Crippen LogP contribution in [0.5, 0.6) is 0 Å². The highest BCUT2D eigenvalue weighted by molar-refractivity contribution is 7.80. The molecule has 0 atom stereocenters. The van der Waals surface area contributed by atoms with Gasteiger partial charge in [-0.1, -0.05) is 41.4 Å². The molecule has 0 radical (unpaired) electrons. The lowest BCUT2D eigenvalue weighted by Gasteiger charge is -2.12. The molecule has 0 spiro atoms. The standard InChI is InChI=1S/C17H17ClN2O2S/c1-11-3-5-12(6-4-11)10-19-17(23)20-13-7-8-15(18)14(9-13)16(21)22-2/h3-9H,10H2,1-2H3,(H2,19,20,23). The Balaban J connectivity index is 1.97. The van der Waals surface area contributed by atoms with Gasteiger partial charge in [0.2, 0.25) is 0 Å². The number of hydrogen-bond acceptors (Lipinski definition) is 3. The number of carbonyl (C=O) groups is 1. The van der Waals surface area contributed by atoms with Crippen molar-refractivity contribution < 1.29 is 9.53 Å². The van der Waals surface area contributed by atoms with E-state index < -0.39 is 5.97 Å². The van der Waals surface area contributed by atoms with Crippen LogP contribution >= 0.6 is 23.8 Å². The zero-order valence-electron chi connectivity index (χ0n) is 12.9. The van der Waals surface area contributed by atoms with Gasteiger partial charge in [0.25, 0.3) is 0 Å². The van der Waals surface area contributed by atoms with E-state index in [-0.39, 0.29) is 0 Å². The summed E-state index contributed by atoms with van der Waals surface area (Å²) in [5.74, 6) is -0.489. The molecular formula is C17H17ClN2O2S. The first-order valence-electron chi connectivity index (χ1n) is 6.98. The number of ether oxygens (including phenoxy) is 1. The summed E-state index contributed by atoms with van der Waals surface area (Å²) in [4.78, 5) is 11.6. The number of esters is 1. The highest BCUT2D eigenvalue weighted by Gasteiger charge is 2.11. The van der Waals surface area contributed by atoms with Crippen molar-refractivity contribution in [1.82, 2.24) is 5.32 Å². The molecule has 2 rings (SSSR count). The summed E-state index contributed by atoms with van der Waals surface area (Å²) < 4.78 is 4.69. The average Bonchev–Trinajstić information content (AvgIpc) is 2.55. The van der Waals surface area contributed by atoms with Gasteiger partial charge in [-0.05, 0) is 42.9 Å². The second kappa shape index (κ2) is 7.94. The number of benzene rings is 2. The Morgan fingerprint density at radius 1 is 1.22 bits per heavy atom. The lowest BCUT2D eigenvalue weighted by Crippen LogP contribution is -2.28. The van der Waals surface area contributed by atoms with E-state index in [0.717, 1.165) is 5.56 Å². The normalized spacial score (nSPS) is 10.0. The third kappa shape index (κ3) is 4.94. The molecule has 0 bridgehead atoms. The molecule has 0 heterocycles. The number of aryl methyl sites for hydroxylation is 1. The maximum absolute atomic E-state index is 11.6. The molecule has 0 amide bonds. The Morgan fingerprint density at radius 3 is 2.57 bits per heavy atom. The Kier molecular flexibility index (Phi) is 5.96. The molecule has 2 N–H and O–H groups in total. The molecule has 0 unspecified atom stereocenters. The van der Waals surface area contributed by atoms with Gasteiger partial charge in [0.05, 0.1) is 17.7 Å². The maximum atomic E-state index is 11.6. The predicted molar refractivity (Wildman–Crippen MR) is 97.0 cm³/mol. The Bertz CT molecular complexity index is 717. The minimum Gasteiger partial charge on any atom is -0.465 e. The Hall–Kier alpha value is -2.11. The first-order chi connectivity index (χ1) is 11.0. The van der Waals surface area contributed by atoms with Crippen molar-refractivity contribution in [3.63, 3.8) is 0 Å². The molecule has 0 aromatic heterocycles. The van der Waals surface area contributed by atoms with Crippen LogP contribution in [0.25, 0.3) is 0 Å². The molecule has 120 valence electrons. The van der Waals surface area contributed by atoms with Gasteiger partial charge < -0.3 is 15.4 Å². The summed E-state index contributed by atoms with van der Waals surface area (Å²) in [5.41, 5.74) is 3.30. The van der Waals surface area contributed by atoms with E-state index in [1.54, 1.807) is 18.2 Å². The molecule has 6 heteroatoms. The van der Waals surface area contributed by atoms with E-state index in [1.807, 2.05) is 19.1 Å². The van der Waals surface area contributed by atoms with E-state index in [4.69, 9.17) is 28.6 Å². The van der Waals surface area contributed by atoms with Crippen LogP contribution in [0.15, 0.2) is 42.5 Å². The van der Waals surface area contributed by atoms with Gasteiger partial charge in [0, 0.05) is 12.2 Å². The lowest BCUT2D eigenvalue weighted by molar-refractivity contribution is 0.0601. The van der Waals surface area contributed by atoms with Crippen LogP contribution in [0.4, 0.5) is 5.69 Å². The smallest absolute Gasteiger partial charge is 0.339 e. The van der Waals surface area contributed by atoms with E-state index in [1.165, 1.54) is 12.7 Å². The first kappa shape index (κ1) is 17.2. The van der Waals surface area contributed by atoms with Gasteiger partial charge in [-0.15, -0.1) is 0 Å². The van der Waals surface area contributed by atoms with Crippen molar-refractivity contribution in [3.8, 4) is 0 Å². The Labute approximate surface area is 145 Å². The summed E-state index contributed by atoms with van der Waals surface area (Å²) in [6.45, 7) is 2.66. The van der Waals surface area contributed by atoms with Crippen molar-refractivity contribution in [3.05, 3.63) is 64.2 Å². The summed E-state index contributed by atoms with van der Waals surface area (Å²) in [6.07, 6.45) is 0. The van der Waals surface area contributed by atoms with E-state index in [2.05, 4.69) is 22.8 Å². The second-order valence-electron chi connectivity index (χ2n) is 4.98. The van der Waals surface area contributed by atoms with Crippen molar-refractivity contribution in [2.75, 3.05) is 12.4 Å². The highest BCUT2D eigenvalue weighted by atomic mass is 35.5. The van der Waals surface area contributed by atoms with E-state index >= 15 is 0 Å². The van der Waals surface area contributed by atoms with Gasteiger partial charge in [-0.25, -0.2) is 4.79 Å². The van der Waals surface area contributed by atoms with Gasteiger partial charge >= 0.3 is 5.97 Å². The summed E-state index contributed by atoms with van der Waals surface area (Å²) in [5, 5.41) is 6.94. The van der Waals surface area contributed by atoms with Gasteiger partial charge in [0.1, 0.15) is 0 Å². The number of anilines is 1. The molecule has 0 aliphatic heterocycles. The molecule has 4 nitrogen and oxygen atoms in total. The van der Waals surface area contributed by atoms with Crippen LogP contribution in [-0.4, -0.2) is 18.2 Å². The third-order valence-electron chi connectivity index (χ3n) is 3.20. The highest BCUT2D eigenvalue weighted by Crippen LogP contribution is 2.21. The maximum Gasteiger partial charge on any atom is 0.339 e. The topological polar surface area (TPSA) is 50.4 Å². The molecule has 0 aliphatic rings. The molecule has 2 aromatic carbocycles. The second-order valence-corrected chi connectivity index (χ2v) is 5.79. The summed E-state index contributed by atoms with van der Waals surface area (Å²) in [7, 11) is 1.31. The number of halogens is 1. The fraction of sp³-hybridized carbons (Fsp3) is 0.176. The summed E-state index contributed by atoms with van der Waals surface area (Å²) >= 11 is 11.2. The SMILES string of the molecule is COC(=O)c1cc(NC(=S)NCc2ccc(C)cc2)ccc1Cl. The van der Waals surface area contributed by atoms with Crippen molar-refractivity contribution in [2.45, 2.75) is 13.5 Å². The molecule has 0 saturated heterocycles. The first-order valence-corrected chi connectivity index (χ1v) is 7.76. The van der Waals surface area contributed by atoms with Gasteiger partial charge in [-0.2, -0.15) is 0 Å².